The van der Waals surface area contributed by atoms with Crippen molar-refractivity contribution in [3.8, 4) is 0 Å². The SMILES string of the molecule is CC(C)Cc1nccn1Cc1ccccc1N. The summed E-state index contributed by atoms with van der Waals surface area (Å²) in [6, 6.07) is 7.98. The van der Waals surface area contributed by atoms with E-state index in [1.54, 1.807) is 0 Å². The van der Waals surface area contributed by atoms with Gasteiger partial charge >= 0.3 is 0 Å². The molecular weight excluding hydrogens is 210 g/mol. The van der Waals surface area contributed by atoms with Crippen molar-refractivity contribution in [1.82, 2.24) is 9.55 Å². The van der Waals surface area contributed by atoms with Crippen molar-refractivity contribution in [3.05, 3.63) is 48.0 Å². The first-order valence-electron chi connectivity index (χ1n) is 6.00. The molecule has 1 aromatic heterocycles. The van der Waals surface area contributed by atoms with Crippen LogP contribution in [0.4, 0.5) is 5.69 Å². The second-order valence-corrected chi connectivity index (χ2v) is 4.77. The standard InChI is InChI=1S/C14H19N3/c1-11(2)9-14-16-7-8-17(14)10-12-5-3-4-6-13(12)15/h3-8,11H,9-10,15H2,1-2H3. The number of hydrogen-bond donors (Lipinski definition) is 1. The van der Waals surface area contributed by atoms with Gasteiger partial charge in [-0.1, -0.05) is 32.0 Å². The minimum absolute atomic E-state index is 0.615. The van der Waals surface area contributed by atoms with Crippen LogP contribution in [-0.2, 0) is 13.0 Å². The molecule has 0 amide bonds. The van der Waals surface area contributed by atoms with Crippen molar-refractivity contribution >= 4 is 5.69 Å². The lowest BCUT2D eigenvalue weighted by atomic mass is 10.1. The van der Waals surface area contributed by atoms with E-state index in [0.29, 0.717) is 5.92 Å². The number of nitrogens with zero attached hydrogens (tertiary/aromatic N) is 2. The number of hydrogen-bond acceptors (Lipinski definition) is 2. The minimum Gasteiger partial charge on any atom is -0.398 e. The van der Waals surface area contributed by atoms with Gasteiger partial charge in [0.15, 0.2) is 0 Å². The van der Waals surface area contributed by atoms with Crippen LogP contribution in [0.5, 0.6) is 0 Å². The van der Waals surface area contributed by atoms with E-state index < -0.39 is 0 Å². The summed E-state index contributed by atoms with van der Waals surface area (Å²) in [6.45, 7) is 5.21. The highest BCUT2D eigenvalue weighted by Gasteiger charge is 2.06. The Morgan fingerprint density at radius 2 is 2.06 bits per heavy atom. The van der Waals surface area contributed by atoms with Gasteiger partial charge in [-0.25, -0.2) is 4.98 Å². The molecule has 0 unspecified atom stereocenters. The fraction of sp³-hybridized carbons (Fsp3) is 0.357. The van der Waals surface area contributed by atoms with Gasteiger partial charge in [0.25, 0.3) is 0 Å². The summed E-state index contributed by atoms with van der Waals surface area (Å²) < 4.78 is 2.17. The van der Waals surface area contributed by atoms with E-state index in [-0.39, 0.29) is 0 Å². The molecular formula is C14H19N3. The molecule has 90 valence electrons. The topological polar surface area (TPSA) is 43.8 Å². The van der Waals surface area contributed by atoms with Crippen LogP contribution in [0.25, 0.3) is 0 Å². The maximum Gasteiger partial charge on any atom is 0.109 e. The number of anilines is 1. The second kappa shape index (κ2) is 5.04. The Bertz CT molecular complexity index is 486. The normalized spacial score (nSPS) is 11.0. The number of benzene rings is 1. The number of aromatic nitrogens is 2. The number of rotatable bonds is 4. The summed E-state index contributed by atoms with van der Waals surface area (Å²) in [5.41, 5.74) is 7.95. The lowest BCUT2D eigenvalue weighted by Crippen LogP contribution is -2.08. The zero-order valence-corrected chi connectivity index (χ0v) is 10.4. The van der Waals surface area contributed by atoms with Gasteiger partial charge in [-0.2, -0.15) is 0 Å². The molecule has 0 saturated heterocycles. The summed E-state index contributed by atoms with van der Waals surface area (Å²) in [4.78, 5) is 4.40. The fourth-order valence-corrected chi connectivity index (χ4v) is 1.90. The largest absolute Gasteiger partial charge is 0.398 e. The Kier molecular flexibility index (Phi) is 3.47. The first kappa shape index (κ1) is 11.7. The molecule has 0 fully saturated rings. The van der Waals surface area contributed by atoms with E-state index in [1.807, 2.05) is 30.6 Å². The van der Waals surface area contributed by atoms with Crippen LogP contribution in [0.2, 0.25) is 0 Å². The molecule has 0 aliphatic carbocycles. The predicted molar refractivity (Wildman–Crippen MR) is 70.7 cm³/mol. The van der Waals surface area contributed by atoms with E-state index in [4.69, 9.17) is 5.73 Å². The van der Waals surface area contributed by atoms with Crippen LogP contribution in [0, 0.1) is 5.92 Å². The van der Waals surface area contributed by atoms with Gasteiger partial charge in [-0.05, 0) is 17.5 Å². The van der Waals surface area contributed by atoms with Crippen LogP contribution in [-0.4, -0.2) is 9.55 Å². The highest BCUT2D eigenvalue weighted by Crippen LogP contribution is 2.14. The third kappa shape index (κ3) is 2.87. The molecule has 0 bridgehead atoms. The number of imidazole rings is 1. The average Bonchev–Trinajstić information content (AvgIpc) is 2.68. The van der Waals surface area contributed by atoms with Gasteiger partial charge in [0.05, 0.1) is 6.54 Å². The van der Waals surface area contributed by atoms with E-state index in [2.05, 4.69) is 29.5 Å². The zero-order valence-electron chi connectivity index (χ0n) is 10.4. The van der Waals surface area contributed by atoms with Crippen LogP contribution in [0.15, 0.2) is 36.7 Å². The highest BCUT2D eigenvalue weighted by atomic mass is 15.1. The fourth-order valence-electron chi connectivity index (χ4n) is 1.90. The van der Waals surface area contributed by atoms with Crippen LogP contribution < -0.4 is 5.73 Å². The van der Waals surface area contributed by atoms with Crippen molar-refractivity contribution in [2.45, 2.75) is 26.8 Å². The van der Waals surface area contributed by atoms with Gasteiger partial charge in [-0.3, -0.25) is 0 Å². The van der Waals surface area contributed by atoms with Crippen molar-refractivity contribution in [2.75, 3.05) is 5.73 Å². The first-order chi connectivity index (χ1) is 8.16. The monoisotopic (exact) mass is 229 g/mol. The second-order valence-electron chi connectivity index (χ2n) is 4.77. The summed E-state index contributed by atoms with van der Waals surface area (Å²) in [5.74, 6) is 1.74. The zero-order chi connectivity index (χ0) is 12.3. The average molecular weight is 229 g/mol. The van der Waals surface area contributed by atoms with E-state index in [9.17, 15) is 0 Å². The molecule has 0 spiro atoms. The van der Waals surface area contributed by atoms with Crippen LogP contribution in [0.3, 0.4) is 0 Å². The number of para-hydroxylation sites is 1. The third-order valence-corrected chi connectivity index (χ3v) is 2.79. The van der Waals surface area contributed by atoms with Gasteiger partial charge in [0.1, 0.15) is 5.82 Å². The van der Waals surface area contributed by atoms with Crippen molar-refractivity contribution in [1.29, 1.82) is 0 Å². The Balaban J connectivity index is 2.19. The number of nitrogens with two attached hydrogens (primary N) is 1. The summed E-state index contributed by atoms with van der Waals surface area (Å²) in [6.07, 6.45) is 4.88. The molecule has 3 heteroatoms. The minimum atomic E-state index is 0.615. The first-order valence-corrected chi connectivity index (χ1v) is 6.00. The third-order valence-electron chi connectivity index (χ3n) is 2.79. The van der Waals surface area contributed by atoms with Crippen LogP contribution >= 0.6 is 0 Å². The Labute approximate surface area is 102 Å². The van der Waals surface area contributed by atoms with Crippen molar-refractivity contribution in [3.63, 3.8) is 0 Å². The molecule has 0 radical (unpaired) electrons. The molecule has 0 aliphatic heterocycles. The quantitative estimate of drug-likeness (QED) is 0.819. The summed E-state index contributed by atoms with van der Waals surface area (Å²) >= 11 is 0. The summed E-state index contributed by atoms with van der Waals surface area (Å²) in [7, 11) is 0. The van der Waals surface area contributed by atoms with Gasteiger partial charge in [0.2, 0.25) is 0 Å². The molecule has 0 atom stereocenters. The summed E-state index contributed by atoms with van der Waals surface area (Å²) in [5, 5.41) is 0. The predicted octanol–water partition coefficient (Wildman–Crippen LogP) is 2.71. The van der Waals surface area contributed by atoms with E-state index >= 15 is 0 Å². The molecule has 2 rings (SSSR count). The highest BCUT2D eigenvalue weighted by molar-refractivity contribution is 5.46. The van der Waals surface area contributed by atoms with Crippen LogP contribution in [0.1, 0.15) is 25.2 Å². The Morgan fingerprint density at radius 1 is 1.29 bits per heavy atom. The smallest absolute Gasteiger partial charge is 0.109 e. The van der Waals surface area contributed by atoms with Crippen molar-refractivity contribution < 1.29 is 0 Å². The lowest BCUT2D eigenvalue weighted by molar-refractivity contribution is 0.590. The van der Waals surface area contributed by atoms with Gasteiger partial charge < -0.3 is 10.3 Å². The lowest BCUT2D eigenvalue weighted by Gasteiger charge is -2.11. The molecule has 2 aromatic rings. The molecule has 1 heterocycles. The Morgan fingerprint density at radius 3 is 2.76 bits per heavy atom. The maximum absolute atomic E-state index is 5.95. The van der Waals surface area contributed by atoms with E-state index in [1.165, 1.54) is 0 Å². The molecule has 1 aromatic carbocycles. The molecule has 0 aliphatic rings. The molecule has 17 heavy (non-hydrogen) atoms. The number of nitrogen functional groups attached to an aromatic ring is 1. The van der Waals surface area contributed by atoms with Gasteiger partial charge in [-0.15, -0.1) is 0 Å². The molecule has 0 saturated carbocycles. The Hall–Kier alpha value is -1.77. The van der Waals surface area contributed by atoms with Crippen molar-refractivity contribution in [2.24, 2.45) is 5.92 Å². The molecule has 3 nitrogen and oxygen atoms in total. The van der Waals surface area contributed by atoms with Gasteiger partial charge in [0, 0.05) is 24.5 Å². The maximum atomic E-state index is 5.95. The molecule has 2 N–H and O–H groups in total. The van der Waals surface area contributed by atoms with E-state index in [0.717, 1.165) is 30.0 Å².